The predicted octanol–water partition coefficient (Wildman–Crippen LogP) is 1.88. The standard InChI is InChI=1S/C14H21NO4/c1-3-18-12-7-4-6-11(10-15)14(12)19-9-5-8-13(16)17-2/h4,6-7H,3,5,8-10,15H2,1-2H3. The van der Waals surface area contributed by atoms with Crippen LogP contribution in [0.1, 0.15) is 25.3 Å². The molecule has 0 aliphatic heterocycles. The van der Waals surface area contributed by atoms with Gasteiger partial charge in [0.05, 0.1) is 20.3 Å². The van der Waals surface area contributed by atoms with Crippen LogP contribution in [-0.4, -0.2) is 26.3 Å². The van der Waals surface area contributed by atoms with Gasteiger partial charge in [-0.15, -0.1) is 0 Å². The summed E-state index contributed by atoms with van der Waals surface area (Å²) in [6, 6.07) is 5.63. The summed E-state index contributed by atoms with van der Waals surface area (Å²) in [6.07, 6.45) is 0.933. The number of carbonyl (C=O) groups excluding carboxylic acids is 1. The van der Waals surface area contributed by atoms with Gasteiger partial charge in [-0.2, -0.15) is 0 Å². The smallest absolute Gasteiger partial charge is 0.305 e. The van der Waals surface area contributed by atoms with Crippen molar-refractivity contribution in [3.63, 3.8) is 0 Å². The highest BCUT2D eigenvalue weighted by molar-refractivity contribution is 5.69. The molecule has 0 aliphatic carbocycles. The molecule has 0 heterocycles. The third kappa shape index (κ3) is 4.79. The summed E-state index contributed by atoms with van der Waals surface area (Å²) in [7, 11) is 1.38. The first-order chi connectivity index (χ1) is 9.22. The summed E-state index contributed by atoms with van der Waals surface area (Å²) in [5.41, 5.74) is 6.57. The molecule has 106 valence electrons. The topological polar surface area (TPSA) is 70.8 Å². The Labute approximate surface area is 113 Å². The van der Waals surface area contributed by atoms with Gasteiger partial charge in [0.1, 0.15) is 0 Å². The molecule has 0 saturated heterocycles. The van der Waals surface area contributed by atoms with E-state index in [9.17, 15) is 4.79 Å². The van der Waals surface area contributed by atoms with Gasteiger partial charge in [-0.25, -0.2) is 0 Å². The summed E-state index contributed by atoms with van der Waals surface area (Å²) in [5.74, 6) is 1.11. The van der Waals surface area contributed by atoms with Crippen LogP contribution in [0.15, 0.2) is 18.2 Å². The van der Waals surface area contributed by atoms with Crippen molar-refractivity contribution in [3.8, 4) is 11.5 Å². The van der Waals surface area contributed by atoms with Crippen molar-refractivity contribution in [3.05, 3.63) is 23.8 Å². The molecule has 0 saturated carbocycles. The van der Waals surface area contributed by atoms with Crippen LogP contribution in [0.5, 0.6) is 11.5 Å². The number of rotatable bonds is 8. The first-order valence-electron chi connectivity index (χ1n) is 6.37. The van der Waals surface area contributed by atoms with E-state index >= 15 is 0 Å². The molecule has 0 aromatic heterocycles. The Morgan fingerprint density at radius 3 is 2.74 bits per heavy atom. The zero-order valence-corrected chi connectivity index (χ0v) is 11.5. The van der Waals surface area contributed by atoms with Gasteiger partial charge in [-0.1, -0.05) is 12.1 Å². The largest absolute Gasteiger partial charge is 0.490 e. The minimum atomic E-state index is -0.235. The second kappa shape index (κ2) is 8.37. The third-order valence-electron chi connectivity index (χ3n) is 2.58. The molecule has 0 unspecified atom stereocenters. The van der Waals surface area contributed by atoms with Gasteiger partial charge in [0, 0.05) is 18.5 Å². The zero-order chi connectivity index (χ0) is 14.1. The minimum absolute atomic E-state index is 0.235. The molecule has 0 amide bonds. The van der Waals surface area contributed by atoms with Gasteiger partial charge in [0.25, 0.3) is 0 Å². The maximum absolute atomic E-state index is 11.0. The van der Waals surface area contributed by atoms with Crippen LogP contribution >= 0.6 is 0 Å². The fourth-order valence-corrected chi connectivity index (χ4v) is 1.65. The fraction of sp³-hybridized carbons (Fsp3) is 0.500. The van der Waals surface area contributed by atoms with Crippen molar-refractivity contribution in [2.75, 3.05) is 20.3 Å². The van der Waals surface area contributed by atoms with E-state index in [4.69, 9.17) is 15.2 Å². The number of carbonyl (C=O) groups is 1. The molecular formula is C14H21NO4. The molecule has 0 radical (unpaired) electrons. The van der Waals surface area contributed by atoms with Crippen molar-refractivity contribution in [1.29, 1.82) is 0 Å². The zero-order valence-electron chi connectivity index (χ0n) is 11.5. The van der Waals surface area contributed by atoms with E-state index in [1.807, 2.05) is 25.1 Å². The number of benzene rings is 1. The molecular weight excluding hydrogens is 246 g/mol. The highest BCUT2D eigenvalue weighted by Gasteiger charge is 2.10. The van der Waals surface area contributed by atoms with E-state index in [2.05, 4.69) is 4.74 Å². The number of ether oxygens (including phenoxy) is 3. The van der Waals surface area contributed by atoms with Gasteiger partial charge in [-0.3, -0.25) is 4.79 Å². The SMILES string of the molecule is CCOc1cccc(CN)c1OCCCC(=O)OC. The molecule has 1 rings (SSSR count). The average Bonchev–Trinajstić information content (AvgIpc) is 2.44. The Kier molecular flexibility index (Phi) is 6.74. The van der Waals surface area contributed by atoms with Crippen LogP contribution in [0, 0.1) is 0 Å². The number of para-hydroxylation sites is 1. The van der Waals surface area contributed by atoms with Crippen LogP contribution in [0.4, 0.5) is 0 Å². The number of nitrogens with two attached hydrogens (primary N) is 1. The second-order valence-electron chi connectivity index (χ2n) is 3.91. The molecule has 0 spiro atoms. The number of hydrogen-bond acceptors (Lipinski definition) is 5. The number of esters is 1. The van der Waals surface area contributed by atoms with Crippen molar-refractivity contribution in [2.45, 2.75) is 26.3 Å². The van der Waals surface area contributed by atoms with Crippen LogP contribution in [-0.2, 0) is 16.1 Å². The molecule has 0 fully saturated rings. The lowest BCUT2D eigenvalue weighted by Crippen LogP contribution is -2.08. The van der Waals surface area contributed by atoms with E-state index in [0.717, 1.165) is 5.56 Å². The molecule has 0 aliphatic rings. The normalized spacial score (nSPS) is 10.1. The lowest BCUT2D eigenvalue weighted by atomic mass is 10.2. The maximum atomic E-state index is 11.0. The van der Waals surface area contributed by atoms with Crippen molar-refractivity contribution in [1.82, 2.24) is 0 Å². The van der Waals surface area contributed by atoms with E-state index in [1.165, 1.54) is 7.11 Å². The van der Waals surface area contributed by atoms with Gasteiger partial charge >= 0.3 is 5.97 Å². The van der Waals surface area contributed by atoms with Crippen molar-refractivity contribution >= 4 is 5.97 Å². The quantitative estimate of drug-likeness (QED) is 0.575. The van der Waals surface area contributed by atoms with Crippen LogP contribution in [0.2, 0.25) is 0 Å². The maximum Gasteiger partial charge on any atom is 0.305 e. The van der Waals surface area contributed by atoms with Gasteiger partial charge in [0.15, 0.2) is 11.5 Å². The summed E-state index contributed by atoms with van der Waals surface area (Å²) in [5, 5.41) is 0. The Bertz CT molecular complexity index is 406. The predicted molar refractivity (Wildman–Crippen MR) is 72.2 cm³/mol. The Balaban J connectivity index is 2.61. The average molecular weight is 267 g/mol. The van der Waals surface area contributed by atoms with E-state index in [0.29, 0.717) is 44.1 Å². The van der Waals surface area contributed by atoms with Crippen LogP contribution in [0.3, 0.4) is 0 Å². The van der Waals surface area contributed by atoms with Crippen LogP contribution in [0.25, 0.3) is 0 Å². The molecule has 2 N–H and O–H groups in total. The first kappa shape index (κ1) is 15.3. The monoisotopic (exact) mass is 267 g/mol. The fourth-order valence-electron chi connectivity index (χ4n) is 1.65. The highest BCUT2D eigenvalue weighted by Crippen LogP contribution is 2.31. The molecule has 1 aromatic rings. The van der Waals surface area contributed by atoms with E-state index in [-0.39, 0.29) is 5.97 Å². The van der Waals surface area contributed by atoms with Gasteiger partial charge < -0.3 is 19.9 Å². The molecule has 0 atom stereocenters. The van der Waals surface area contributed by atoms with E-state index < -0.39 is 0 Å². The third-order valence-corrected chi connectivity index (χ3v) is 2.58. The highest BCUT2D eigenvalue weighted by atomic mass is 16.5. The van der Waals surface area contributed by atoms with Crippen LogP contribution < -0.4 is 15.2 Å². The van der Waals surface area contributed by atoms with E-state index in [1.54, 1.807) is 0 Å². The summed E-state index contributed by atoms with van der Waals surface area (Å²) < 4.78 is 15.8. The number of methoxy groups -OCH3 is 1. The van der Waals surface area contributed by atoms with Crippen molar-refractivity contribution < 1.29 is 19.0 Å². The molecule has 5 heteroatoms. The molecule has 0 bridgehead atoms. The number of hydrogen-bond donors (Lipinski definition) is 1. The van der Waals surface area contributed by atoms with Crippen molar-refractivity contribution in [2.24, 2.45) is 5.73 Å². The Morgan fingerprint density at radius 1 is 1.32 bits per heavy atom. The lowest BCUT2D eigenvalue weighted by Gasteiger charge is -2.15. The lowest BCUT2D eigenvalue weighted by molar-refractivity contribution is -0.140. The Hall–Kier alpha value is -1.75. The van der Waals surface area contributed by atoms with Gasteiger partial charge in [0.2, 0.25) is 0 Å². The molecule has 5 nitrogen and oxygen atoms in total. The summed E-state index contributed by atoms with van der Waals surface area (Å²) in [4.78, 5) is 11.0. The molecule has 19 heavy (non-hydrogen) atoms. The summed E-state index contributed by atoms with van der Waals surface area (Å²) in [6.45, 7) is 3.28. The second-order valence-corrected chi connectivity index (χ2v) is 3.91. The van der Waals surface area contributed by atoms with Gasteiger partial charge in [-0.05, 0) is 19.4 Å². The molecule has 1 aromatic carbocycles. The summed E-state index contributed by atoms with van der Waals surface area (Å²) >= 11 is 0. The first-order valence-corrected chi connectivity index (χ1v) is 6.37. The Morgan fingerprint density at radius 2 is 2.11 bits per heavy atom. The minimum Gasteiger partial charge on any atom is -0.490 e.